The number of nitrogens with one attached hydrogen (secondary N) is 1. The molecule has 1 aliphatic heterocycles. The summed E-state index contributed by atoms with van der Waals surface area (Å²) in [6.07, 6.45) is 5.90. The van der Waals surface area contributed by atoms with Gasteiger partial charge in [-0.2, -0.15) is 0 Å². The first-order valence-electron chi connectivity index (χ1n) is 10.6. The average Bonchev–Trinajstić information content (AvgIpc) is 2.76. The first kappa shape index (κ1) is 21.2. The number of hydrogen-bond donors (Lipinski definition) is 1. The molecule has 5 heteroatoms. The topological polar surface area (TPSA) is 50.8 Å². The van der Waals surface area contributed by atoms with Crippen LogP contribution in [0.2, 0.25) is 0 Å². The Morgan fingerprint density at radius 2 is 1.72 bits per heavy atom. The van der Waals surface area contributed by atoms with Crippen LogP contribution in [0, 0.1) is 0 Å². The van der Waals surface area contributed by atoms with Crippen molar-refractivity contribution in [3.8, 4) is 5.75 Å². The lowest BCUT2D eigenvalue weighted by molar-refractivity contribution is 0.0609. The van der Waals surface area contributed by atoms with E-state index < -0.39 is 0 Å². The minimum atomic E-state index is -0.226. The van der Waals surface area contributed by atoms with Crippen LogP contribution in [0.1, 0.15) is 61.1 Å². The van der Waals surface area contributed by atoms with E-state index in [9.17, 15) is 4.79 Å². The van der Waals surface area contributed by atoms with Crippen LogP contribution in [-0.2, 0) is 4.74 Å². The highest BCUT2D eigenvalue weighted by Gasteiger charge is 2.32. The number of methoxy groups -OCH3 is 1. The van der Waals surface area contributed by atoms with E-state index >= 15 is 0 Å². The first-order valence-corrected chi connectivity index (χ1v) is 10.6. The molecule has 2 aromatic carbocycles. The van der Waals surface area contributed by atoms with Gasteiger partial charge in [-0.05, 0) is 36.2 Å². The van der Waals surface area contributed by atoms with Crippen molar-refractivity contribution in [3.05, 3.63) is 59.7 Å². The summed E-state index contributed by atoms with van der Waals surface area (Å²) in [5.41, 5.74) is 2.59. The van der Waals surface area contributed by atoms with E-state index in [2.05, 4.69) is 12.2 Å². The molecule has 1 atom stereocenters. The lowest BCUT2D eigenvalue weighted by Gasteiger charge is -2.38. The van der Waals surface area contributed by atoms with Crippen LogP contribution in [0.3, 0.4) is 0 Å². The fraction of sp³-hybridized carbons (Fsp3) is 0.458. The van der Waals surface area contributed by atoms with Crippen molar-refractivity contribution in [1.29, 1.82) is 0 Å². The fourth-order valence-corrected chi connectivity index (χ4v) is 3.62. The van der Waals surface area contributed by atoms with Crippen LogP contribution < -0.4 is 10.1 Å². The van der Waals surface area contributed by atoms with Gasteiger partial charge in [-0.15, -0.1) is 0 Å². The molecule has 1 N–H and O–H groups in total. The molecule has 0 radical (unpaired) electrons. The summed E-state index contributed by atoms with van der Waals surface area (Å²) in [4.78, 5) is 14.9. The van der Waals surface area contributed by atoms with Gasteiger partial charge in [0.1, 0.15) is 11.9 Å². The molecule has 0 fully saturated rings. The summed E-state index contributed by atoms with van der Waals surface area (Å²) in [5.74, 6) is 0.893. The lowest BCUT2D eigenvalue weighted by atomic mass is 10.0. The van der Waals surface area contributed by atoms with Crippen molar-refractivity contribution >= 4 is 11.6 Å². The largest absolute Gasteiger partial charge is 0.494 e. The van der Waals surface area contributed by atoms with Crippen LogP contribution in [0.5, 0.6) is 5.75 Å². The van der Waals surface area contributed by atoms with Gasteiger partial charge >= 0.3 is 0 Å². The van der Waals surface area contributed by atoms with Gasteiger partial charge in [0.25, 0.3) is 5.91 Å². The van der Waals surface area contributed by atoms with Crippen LogP contribution in [0.15, 0.2) is 48.5 Å². The summed E-state index contributed by atoms with van der Waals surface area (Å²) < 4.78 is 11.1. The number of ether oxygens (including phenoxy) is 2. The molecule has 2 aromatic rings. The molecular formula is C24H32N2O3. The standard InChI is InChI=1S/C24H32N2O3/c1-3-4-5-6-9-17-29-20-14-12-19(13-15-20)23-25-22-11-8-7-10-21(22)24(27)26(23)16-18-28-2/h7-8,10-15,23,25H,3-6,9,16-18H2,1-2H3. The third-order valence-electron chi connectivity index (χ3n) is 5.27. The number of benzene rings is 2. The Morgan fingerprint density at radius 1 is 0.966 bits per heavy atom. The zero-order valence-electron chi connectivity index (χ0n) is 17.5. The second-order valence-electron chi connectivity index (χ2n) is 7.42. The summed E-state index contributed by atoms with van der Waals surface area (Å²) in [6, 6.07) is 15.7. The van der Waals surface area contributed by atoms with Gasteiger partial charge in [0.15, 0.2) is 0 Å². The Morgan fingerprint density at radius 3 is 2.48 bits per heavy atom. The van der Waals surface area contributed by atoms with Crippen molar-refractivity contribution in [2.75, 3.05) is 32.2 Å². The molecule has 5 nitrogen and oxygen atoms in total. The molecule has 156 valence electrons. The molecule has 1 amide bonds. The lowest BCUT2D eigenvalue weighted by Crippen LogP contribution is -2.44. The highest BCUT2D eigenvalue weighted by atomic mass is 16.5. The number of fused-ring (bicyclic) bond motifs is 1. The van der Waals surface area contributed by atoms with Crippen LogP contribution >= 0.6 is 0 Å². The second kappa shape index (κ2) is 10.9. The van der Waals surface area contributed by atoms with Crippen molar-refractivity contribution in [2.45, 2.75) is 45.2 Å². The number of amides is 1. The monoisotopic (exact) mass is 396 g/mol. The van der Waals surface area contributed by atoms with E-state index in [1.807, 2.05) is 53.4 Å². The molecule has 1 aliphatic rings. The number of rotatable bonds is 11. The van der Waals surface area contributed by atoms with Gasteiger partial charge in [-0.1, -0.05) is 56.9 Å². The summed E-state index contributed by atoms with van der Waals surface area (Å²) in [6.45, 7) is 3.99. The van der Waals surface area contributed by atoms with E-state index in [0.717, 1.165) is 30.0 Å². The second-order valence-corrected chi connectivity index (χ2v) is 7.42. The third-order valence-corrected chi connectivity index (χ3v) is 5.27. The molecule has 0 bridgehead atoms. The Bertz CT molecular complexity index is 776. The number of carbonyl (C=O) groups excluding carboxylic acids is 1. The first-order chi connectivity index (χ1) is 14.2. The van der Waals surface area contributed by atoms with E-state index in [-0.39, 0.29) is 12.1 Å². The minimum absolute atomic E-state index is 0.0220. The molecule has 0 aliphatic carbocycles. The Labute approximate surface area is 174 Å². The van der Waals surface area contributed by atoms with Crippen molar-refractivity contribution < 1.29 is 14.3 Å². The number of anilines is 1. The van der Waals surface area contributed by atoms with Crippen LogP contribution in [0.25, 0.3) is 0 Å². The number of nitrogens with zero attached hydrogens (tertiary/aromatic N) is 1. The van der Waals surface area contributed by atoms with Crippen molar-refractivity contribution in [1.82, 2.24) is 4.90 Å². The maximum atomic E-state index is 13.0. The highest BCUT2D eigenvalue weighted by molar-refractivity contribution is 6.01. The fourth-order valence-electron chi connectivity index (χ4n) is 3.62. The Balaban J connectivity index is 1.66. The van der Waals surface area contributed by atoms with Crippen LogP contribution in [-0.4, -0.2) is 37.7 Å². The molecular weight excluding hydrogens is 364 g/mol. The molecule has 0 saturated heterocycles. The maximum Gasteiger partial charge on any atom is 0.257 e. The molecule has 29 heavy (non-hydrogen) atoms. The van der Waals surface area contributed by atoms with Crippen LogP contribution in [0.4, 0.5) is 5.69 Å². The summed E-state index contributed by atoms with van der Waals surface area (Å²) in [7, 11) is 1.65. The Kier molecular flexibility index (Phi) is 7.94. The van der Waals surface area contributed by atoms with Gasteiger partial charge in [-0.3, -0.25) is 4.79 Å². The van der Waals surface area contributed by atoms with E-state index in [4.69, 9.17) is 9.47 Å². The molecule has 1 unspecified atom stereocenters. The van der Waals surface area contributed by atoms with E-state index in [0.29, 0.717) is 18.7 Å². The third kappa shape index (κ3) is 5.51. The van der Waals surface area contributed by atoms with Gasteiger partial charge in [-0.25, -0.2) is 0 Å². The number of para-hydroxylation sites is 1. The van der Waals surface area contributed by atoms with Gasteiger partial charge in [0, 0.05) is 19.3 Å². The average molecular weight is 397 g/mol. The smallest absolute Gasteiger partial charge is 0.257 e. The quantitative estimate of drug-likeness (QED) is 0.527. The number of hydrogen-bond acceptors (Lipinski definition) is 4. The molecule has 0 spiro atoms. The van der Waals surface area contributed by atoms with E-state index in [1.54, 1.807) is 7.11 Å². The van der Waals surface area contributed by atoms with Gasteiger partial charge in [0.2, 0.25) is 0 Å². The predicted molar refractivity (Wildman–Crippen MR) is 116 cm³/mol. The number of unbranched alkanes of at least 4 members (excludes halogenated alkanes) is 4. The normalized spacial score (nSPS) is 15.7. The molecule has 3 rings (SSSR count). The molecule has 0 aromatic heterocycles. The maximum absolute atomic E-state index is 13.0. The van der Waals surface area contributed by atoms with Crippen molar-refractivity contribution in [3.63, 3.8) is 0 Å². The highest BCUT2D eigenvalue weighted by Crippen LogP contribution is 2.33. The Hall–Kier alpha value is -2.53. The van der Waals surface area contributed by atoms with Crippen molar-refractivity contribution in [2.24, 2.45) is 0 Å². The zero-order chi connectivity index (χ0) is 20.5. The molecule has 1 heterocycles. The van der Waals surface area contributed by atoms with Gasteiger partial charge in [0.05, 0.1) is 18.8 Å². The summed E-state index contributed by atoms with van der Waals surface area (Å²) >= 11 is 0. The molecule has 0 saturated carbocycles. The number of carbonyl (C=O) groups is 1. The SMILES string of the molecule is CCCCCCCOc1ccc(C2Nc3ccccc3C(=O)N2CCOC)cc1. The minimum Gasteiger partial charge on any atom is -0.494 e. The van der Waals surface area contributed by atoms with Gasteiger partial charge < -0.3 is 19.7 Å². The zero-order valence-corrected chi connectivity index (χ0v) is 17.5. The predicted octanol–water partition coefficient (Wildman–Crippen LogP) is 5.25. The van der Waals surface area contributed by atoms with E-state index in [1.165, 1.54) is 25.7 Å². The summed E-state index contributed by atoms with van der Waals surface area (Å²) in [5, 5.41) is 3.50.